The summed E-state index contributed by atoms with van der Waals surface area (Å²) in [5.41, 5.74) is 2.70. The number of para-hydroxylation sites is 1. The molecule has 0 bridgehead atoms. The Morgan fingerprint density at radius 2 is 1.78 bits per heavy atom. The summed E-state index contributed by atoms with van der Waals surface area (Å²) in [4.78, 5) is 15.1. The second kappa shape index (κ2) is 8.39. The molecule has 1 saturated carbocycles. The quantitative estimate of drug-likeness (QED) is 0.564. The first-order valence-corrected chi connectivity index (χ1v) is 10.5. The number of hydrogen-bond acceptors (Lipinski definition) is 6. The summed E-state index contributed by atoms with van der Waals surface area (Å²) in [6, 6.07) is 16.5. The van der Waals surface area contributed by atoms with Crippen molar-refractivity contribution < 1.29 is 0 Å². The maximum absolute atomic E-state index is 4.72. The zero-order chi connectivity index (χ0) is 18.5. The normalized spacial score (nSPS) is 14.3. The lowest BCUT2D eigenvalue weighted by atomic mass is 10.2. The van der Waals surface area contributed by atoms with Crippen LogP contribution in [0, 0.1) is 0 Å². The van der Waals surface area contributed by atoms with Crippen LogP contribution in [-0.4, -0.2) is 27.2 Å². The van der Waals surface area contributed by atoms with Crippen molar-refractivity contribution in [3.8, 4) is 11.4 Å². The van der Waals surface area contributed by atoms with Crippen LogP contribution in [0.5, 0.6) is 0 Å². The maximum atomic E-state index is 4.72. The number of thioether (sulfide) groups is 1. The van der Waals surface area contributed by atoms with E-state index in [2.05, 4.69) is 34.0 Å². The number of nitrogens with zero attached hydrogens (tertiary/aromatic N) is 3. The van der Waals surface area contributed by atoms with Gasteiger partial charge in [0.25, 0.3) is 0 Å². The van der Waals surface area contributed by atoms with Crippen molar-refractivity contribution in [2.75, 3.05) is 16.9 Å². The zero-order valence-electron chi connectivity index (χ0n) is 15.4. The molecule has 0 spiro atoms. The number of hydrogen-bond donors (Lipinski definition) is 2. The van der Waals surface area contributed by atoms with Crippen molar-refractivity contribution in [1.29, 1.82) is 0 Å². The molecule has 0 amide bonds. The summed E-state index contributed by atoms with van der Waals surface area (Å²) in [7, 11) is 0. The van der Waals surface area contributed by atoms with Gasteiger partial charge in [0, 0.05) is 23.2 Å². The number of nitrogens with one attached hydrogen (secondary N) is 2. The molecule has 27 heavy (non-hydrogen) atoms. The van der Waals surface area contributed by atoms with Gasteiger partial charge in [-0.3, -0.25) is 4.98 Å². The van der Waals surface area contributed by atoms with Gasteiger partial charge in [-0.05, 0) is 43.4 Å². The van der Waals surface area contributed by atoms with Gasteiger partial charge in [-0.25, -0.2) is 4.98 Å². The number of rotatable bonds is 6. The van der Waals surface area contributed by atoms with Gasteiger partial charge in [-0.15, -0.1) is 11.8 Å². The summed E-state index contributed by atoms with van der Waals surface area (Å²) in [6.45, 7) is 0. The van der Waals surface area contributed by atoms with Gasteiger partial charge in [0.2, 0.25) is 5.95 Å². The third-order valence-corrected chi connectivity index (χ3v) is 5.51. The first-order valence-electron chi connectivity index (χ1n) is 9.29. The molecule has 1 aromatic carbocycles. The summed E-state index contributed by atoms with van der Waals surface area (Å²) in [5, 5.41) is 6.97. The fourth-order valence-corrected chi connectivity index (χ4v) is 3.91. The minimum absolute atomic E-state index is 0.454. The largest absolute Gasteiger partial charge is 0.351 e. The van der Waals surface area contributed by atoms with Crippen LogP contribution in [0.15, 0.2) is 59.6 Å². The van der Waals surface area contributed by atoms with E-state index in [1.807, 2.05) is 36.4 Å². The average molecular weight is 378 g/mol. The third kappa shape index (κ3) is 4.39. The van der Waals surface area contributed by atoms with Crippen molar-refractivity contribution in [3.05, 3.63) is 54.7 Å². The molecule has 0 atom stereocenters. The van der Waals surface area contributed by atoms with E-state index < -0.39 is 0 Å². The predicted octanol–water partition coefficient (Wildman–Crippen LogP) is 5.36. The third-order valence-electron chi connectivity index (χ3n) is 4.71. The molecule has 0 aliphatic heterocycles. The molecule has 1 aliphatic rings. The predicted molar refractivity (Wildman–Crippen MR) is 113 cm³/mol. The highest BCUT2D eigenvalue weighted by Gasteiger charge is 2.17. The van der Waals surface area contributed by atoms with Crippen molar-refractivity contribution in [1.82, 2.24) is 15.0 Å². The van der Waals surface area contributed by atoms with E-state index >= 15 is 0 Å². The highest BCUT2D eigenvalue weighted by molar-refractivity contribution is 7.98. The monoisotopic (exact) mass is 377 g/mol. The van der Waals surface area contributed by atoms with E-state index in [4.69, 9.17) is 9.97 Å². The van der Waals surface area contributed by atoms with E-state index in [-0.39, 0.29) is 0 Å². The zero-order valence-corrected chi connectivity index (χ0v) is 16.2. The molecule has 0 unspecified atom stereocenters. The van der Waals surface area contributed by atoms with Gasteiger partial charge in [-0.1, -0.05) is 31.0 Å². The highest BCUT2D eigenvalue weighted by atomic mass is 32.2. The van der Waals surface area contributed by atoms with Crippen LogP contribution in [0.1, 0.15) is 25.7 Å². The first kappa shape index (κ1) is 17.8. The second-order valence-electron chi connectivity index (χ2n) is 6.63. The average Bonchev–Trinajstić information content (AvgIpc) is 3.22. The molecule has 0 radical (unpaired) electrons. The molecule has 2 N–H and O–H groups in total. The summed E-state index contributed by atoms with van der Waals surface area (Å²) in [6.07, 6.45) is 8.75. The molecule has 3 aromatic rings. The molecule has 0 saturated heterocycles. The van der Waals surface area contributed by atoms with Crippen molar-refractivity contribution in [2.45, 2.75) is 36.6 Å². The molecule has 138 valence electrons. The number of benzene rings is 1. The van der Waals surface area contributed by atoms with Crippen LogP contribution in [0.25, 0.3) is 11.4 Å². The van der Waals surface area contributed by atoms with Crippen LogP contribution >= 0.6 is 11.8 Å². The van der Waals surface area contributed by atoms with Gasteiger partial charge >= 0.3 is 0 Å². The Morgan fingerprint density at radius 1 is 0.963 bits per heavy atom. The van der Waals surface area contributed by atoms with Gasteiger partial charge in [-0.2, -0.15) is 4.98 Å². The highest BCUT2D eigenvalue weighted by Crippen LogP contribution is 2.29. The second-order valence-corrected chi connectivity index (χ2v) is 7.48. The van der Waals surface area contributed by atoms with E-state index in [9.17, 15) is 0 Å². The Bertz CT molecular complexity index is 894. The van der Waals surface area contributed by atoms with E-state index in [1.54, 1.807) is 18.0 Å². The molecule has 2 heterocycles. The molecular formula is C21H23N5S. The van der Waals surface area contributed by atoms with Crippen molar-refractivity contribution >= 4 is 29.2 Å². The van der Waals surface area contributed by atoms with Crippen LogP contribution < -0.4 is 10.6 Å². The summed E-state index contributed by atoms with van der Waals surface area (Å²) >= 11 is 1.71. The number of pyridine rings is 1. The molecule has 1 fully saturated rings. The molecule has 4 rings (SSSR count). The topological polar surface area (TPSA) is 62.7 Å². The lowest BCUT2D eigenvalue weighted by Crippen LogP contribution is -2.17. The van der Waals surface area contributed by atoms with E-state index in [0.29, 0.717) is 12.0 Å². The Kier molecular flexibility index (Phi) is 5.53. The molecule has 6 heteroatoms. The molecule has 1 aliphatic carbocycles. The van der Waals surface area contributed by atoms with E-state index in [0.717, 1.165) is 22.9 Å². The van der Waals surface area contributed by atoms with Crippen LogP contribution in [0.3, 0.4) is 0 Å². The minimum Gasteiger partial charge on any atom is -0.351 e. The van der Waals surface area contributed by atoms with Crippen molar-refractivity contribution in [3.63, 3.8) is 0 Å². The van der Waals surface area contributed by atoms with E-state index in [1.165, 1.54) is 30.6 Å². The lowest BCUT2D eigenvalue weighted by molar-refractivity contribution is 0.744. The summed E-state index contributed by atoms with van der Waals surface area (Å²) in [5.74, 6) is 1.43. The van der Waals surface area contributed by atoms with Gasteiger partial charge in [0.15, 0.2) is 0 Å². The Morgan fingerprint density at radius 3 is 2.56 bits per heavy atom. The smallest absolute Gasteiger partial charge is 0.225 e. The van der Waals surface area contributed by atoms with Gasteiger partial charge < -0.3 is 10.6 Å². The van der Waals surface area contributed by atoms with Gasteiger partial charge in [0.1, 0.15) is 5.82 Å². The SMILES string of the molecule is CSc1ccccc1Nc1cc(-c2ccccn2)nc(NC2CCCC2)n1. The minimum atomic E-state index is 0.454. The molecular weight excluding hydrogens is 354 g/mol. The molecule has 5 nitrogen and oxygen atoms in total. The fourth-order valence-electron chi connectivity index (χ4n) is 3.36. The number of anilines is 3. The van der Waals surface area contributed by atoms with Crippen molar-refractivity contribution in [2.24, 2.45) is 0 Å². The van der Waals surface area contributed by atoms with Gasteiger partial charge in [0.05, 0.1) is 17.1 Å². The standard InChI is InChI=1S/C21H23N5S/c1-27-19-12-5-4-11-17(19)24-20-14-18(16-10-6-7-13-22-16)25-21(26-20)23-15-8-2-3-9-15/h4-7,10-15H,2-3,8-9H2,1H3,(H2,23,24,25,26). The first-order chi connectivity index (χ1) is 13.3. The molecule has 2 aromatic heterocycles. The Labute approximate surface area is 164 Å². The van der Waals surface area contributed by atoms with Crippen LogP contribution in [0.4, 0.5) is 17.5 Å². The lowest BCUT2D eigenvalue weighted by Gasteiger charge is -2.15. The maximum Gasteiger partial charge on any atom is 0.225 e. The Hall–Kier alpha value is -2.60. The fraction of sp³-hybridized carbons (Fsp3) is 0.286. The van der Waals surface area contributed by atoms with Crippen LogP contribution in [-0.2, 0) is 0 Å². The summed E-state index contributed by atoms with van der Waals surface area (Å²) < 4.78 is 0. The number of aromatic nitrogens is 3. The Balaban J connectivity index is 1.68. The van der Waals surface area contributed by atoms with Crippen LogP contribution in [0.2, 0.25) is 0 Å².